The second-order valence-electron chi connectivity index (χ2n) is 5.02. The Morgan fingerprint density at radius 2 is 1.81 bits per heavy atom. The van der Waals surface area contributed by atoms with E-state index in [1.54, 1.807) is 0 Å². The minimum Gasteiger partial charge on any atom is -0.481 e. The lowest BCUT2D eigenvalue weighted by Crippen LogP contribution is -2.42. The van der Waals surface area contributed by atoms with Gasteiger partial charge in [0.05, 0.1) is 12.2 Å². The Kier molecular flexibility index (Phi) is 3.96. The highest BCUT2D eigenvalue weighted by Gasteiger charge is 2.31. The van der Waals surface area contributed by atoms with Crippen molar-refractivity contribution in [3.05, 3.63) is 0 Å². The summed E-state index contributed by atoms with van der Waals surface area (Å²) in [6.07, 6.45) is 1.35. The number of carboxylic acid groups (broad SMARTS) is 1. The molecule has 1 saturated heterocycles. The molecule has 0 aliphatic carbocycles. The average molecular weight is 249 g/mol. The zero-order valence-corrected chi connectivity index (χ0v) is 10.6. The van der Waals surface area contributed by atoms with Crippen LogP contribution in [0.5, 0.6) is 0 Å². The number of nitrogens with zero attached hydrogens (tertiary/aromatic N) is 1. The summed E-state index contributed by atoms with van der Waals surface area (Å²) in [5, 5.41) is 8.48. The highest BCUT2D eigenvalue weighted by atomic mass is 32.2. The molecule has 1 rings (SSSR count). The number of piperidine rings is 1. The van der Waals surface area contributed by atoms with Crippen LogP contribution in [0.3, 0.4) is 0 Å². The van der Waals surface area contributed by atoms with E-state index < -0.39 is 16.0 Å². The lowest BCUT2D eigenvalue weighted by atomic mass is 9.83. The molecule has 1 fully saturated rings. The molecule has 6 heteroatoms. The fourth-order valence-corrected chi connectivity index (χ4v) is 3.14. The molecule has 1 aliphatic rings. The van der Waals surface area contributed by atoms with E-state index in [4.69, 9.17) is 5.11 Å². The first-order chi connectivity index (χ1) is 7.23. The molecule has 0 radical (unpaired) electrons. The van der Waals surface area contributed by atoms with Crippen LogP contribution in [0.4, 0.5) is 0 Å². The molecule has 0 aromatic carbocycles. The first-order valence-electron chi connectivity index (χ1n) is 5.43. The van der Waals surface area contributed by atoms with Crippen LogP contribution in [0.2, 0.25) is 0 Å². The largest absolute Gasteiger partial charge is 0.481 e. The Balaban J connectivity index is 2.55. The Bertz CT molecular complexity index is 351. The lowest BCUT2D eigenvalue weighted by Gasteiger charge is -2.36. The number of hydrogen-bond donors (Lipinski definition) is 1. The molecule has 0 atom stereocenters. The SMILES string of the molecule is CC1(C)CCN(S(=O)(=O)CCC(=O)O)CC1. The number of sulfonamides is 1. The van der Waals surface area contributed by atoms with Gasteiger partial charge in [0.25, 0.3) is 0 Å². The number of hydrogen-bond acceptors (Lipinski definition) is 3. The van der Waals surface area contributed by atoms with Crippen LogP contribution in [0, 0.1) is 5.41 Å². The summed E-state index contributed by atoms with van der Waals surface area (Å²) >= 11 is 0. The molecule has 16 heavy (non-hydrogen) atoms. The molecule has 0 saturated carbocycles. The smallest absolute Gasteiger partial charge is 0.304 e. The van der Waals surface area contributed by atoms with Gasteiger partial charge in [-0.05, 0) is 18.3 Å². The highest BCUT2D eigenvalue weighted by molar-refractivity contribution is 7.89. The van der Waals surface area contributed by atoms with E-state index in [1.165, 1.54) is 4.31 Å². The summed E-state index contributed by atoms with van der Waals surface area (Å²) in [5.41, 5.74) is 0.193. The van der Waals surface area contributed by atoms with Crippen LogP contribution < -0.4 is 0 Å². The van der Waals surface area contributed by atoms with Crippen molar-refractivity contribution < 1.29 is 18.3 Å². The van der Waals surface area contributed by atoms with Crippen molar-refractivity contribution in [2.75, 3.05) is 18.8 Å². The zero-order chi connectivity index (χ0) is 12.4. The summed E-state index contributed by atoms with van der Waals surface area (Å²) in [7, 11) is -3.38. The highest BCUT2D eigenvalue weighted by Crippen LogP contribution is 2.30. The molecule has 94 valence electrons. The average Bonchev–Trinajstić information content (AvgIpc) is 2.14. The van der Waals surface area contributed by atoms with Gasteiger partial charge in [0.2, 0.25) is 10.0 Å². The first-order valence-corrected chi connectivity index (χ1v) is 7.03. The summed E-state index contributed by atoms with van der Waals surface area (Å²) in [6, 6.07) is 0. The number of carboxylic acids is 1. The van der Waals surface area contributed by atoms with Crippen molar-refractivity contribution in [2.24, 2.45) is 5.41 Å². The van der Waals surface area contributed by atoms with E-state index in [0.717, 1.165) is 12.8 Å². The molecular formula is C10H19NO4S. The number of carbonyl (C=O) groups is 1. The number of rotatable bonds is 4. The molecule has 5 nitrogen and oxygen atoms in total. The Labute approximate surface area is 96.5 Å². The second kappa shape index (κ2) is 4.71. The van der Waals surface area contributed by atoms with Crippen molar-refractivity contribution in [1.82, 2.24) is 4.31 Å². The molecule has 1 heterocycles. The topological polar surface area (TPSA) is 74.7 Å². The van der Waals surface area contributed by atoms with E-state index in [-0.39, 0.29) is 17.6 Å². The van der Waals surface area contributed by atoms with Crippen LogP contribution in [0.25, 0.3) is 0 Å². The van der Waals surface area contributed by atoms with Crippen molar-refractivity contribution in [3.63, 3.8) is 0 Å². The molecule has 1 N–H and O–H groups in total. The molecule has 1 aliphatic heterocycles. The minimum absolute atomic E-state index is 0.193. The van der Waals surface area contributed by atoms with E-state index in [2.05, 4.69) is 13.8 Å². The monoisotopic (exact) mass is 249 g/mol. The molecule has 0 amide bonds. The Morgan fingerprint density at radius 1 is 1.31 bits per heavy atom. The van der Waals surface area contributed by atoms with Gasteiger partial charge >= 0.3 is 5.97 Å². The normalized spacial score (nSPS) is 21.9. The third-order valence-corrected chi connectivity index (χ3v) is 4.92. The first kappa shape index (κ1) is 13.4. The van der Waals surface area contributed by atoms with Gasteiger partial charge < -0.3 is 5.11 Å². The van der Waals surface area contributed by atoms with Crippen molar-refractivity contribution in [3.8, 4) is 0 Å². The van der Waals surface area contributed by atoms with Crippen LogP contribution in [0.15, 0.2) is 0 Å². The van der Waals surface area contributed by atoms with E-state index in [9.17, 15) is 13.2 Å². The lowest BCUT2D eigenvalue weighted by molar-refractivity contribution is -0.136. The van der Waals surface area contributed by atoms with Crippen LogP contribution in [-0.2, 0) is 14.8 Å². The molecule has 0 unspecified atom stereocenters. The Morgan fingerprint density at radius 3 is 2.25 bits per heavy atom. The maximum atomic E-state index is 11.8. The van der Waals surface area contributed by atoms with Gasteiger partial charge in [0.15, 0.2) is 0 Å². The van der Waals surface area contributed by atoms with Gasteiger partial charge in [-0.3, -0.25) is 4.79 Å². The van der Waals surface area contributed by atoms with Crippen molar-refractivity contribution >= 4 is 16.0 Å². The van der Waals surface area contributed by atoms with Gasteiger partial charge in [0, 0.05) is 13.1 Å². The fourth-order valence-electron chi connectivity index (χ4n) is 1.72. The van der Waals surface area contributed by atoms with Gasteiger partial charge in [-0.15, -0.1) is 0 Å². The molecular weight excluding hydrogens is 230 g/mol. The molecule has 0 spiro atoms. The molecule has 0 aromatic heterocycles. The summed E-state index contributed by atoms with van der Waals surface area (Å²) in [6.45, 7) is 5.26. The standard InChI is InChI=1S/C10H19NO4S/c1-10(2)4-6-11(7-5-10)16(14,15)8-3-9(12)13/h3-8H2,1-2H3,(H,12,13). The predicted molar refractivity (Wildman–Crippen MR) is 60.6 cm³/mol. The fraction of sp³-hybridized carbons (Fsp3) is 0.900. The van der Waals surface area contributed by atoms with Crippen LogP contribution in [0.1, 0.15) is 33.1 Å². The van der Waals surface area contributed by atoms with E-state index in [0.29, 0.717) is 13.1 Å². The minimum atomic E-state index is -3.38. The maximum Gasteiger partial charge on any atom is 0.304 e. The predicted octanol–water partition coefficient (Wildman–Crippen LogP) is 0.913. The van der Waals surface area contributed by atoms with Gasteiger partial charge in [-0.2, -0.15) is 0 Å². The van der Waals surface area contributed by atoms with Crippen LogP contribution in [-0.4, -0.2) is 42.6 Å². The van der Waals surface area contributed by atoms with Gasteiger partial charge in [-0.1, -0.05) is 13.8 Å². The maximum absolute atomic E-state index is 11.8. The van der Waals surface area contributed by atoms with Gasteiger partial charge in [-0.25, -0.2) is 12.7 Å². The Hall–Kier alpha value is -0.620. The zero-order valence-electron chi connectivity index (χ0n) is 9.77. The van der Waals surface area contributed by atoms with E-state index in [1.807, 2.05) is 0 Å². The summed E-state index contributed by atoms with van der Waals surface area (Å²) < 4.78 is 24.9. The van der Waals surface area contributed by atoms with E-state index >= 15 is 0 Å². The molecule has 0 bridgehead atoms. The number of aliphatic carboxylic acids is 1. The quantitative estimate of drug-likeness (QED) is 0.803. The third kappa shape index (κ3) is 3.75. The third-order valence-electron chi connectivity index (χ3n) is 3.04. The van der Waals surface area contributed by atoms with Crippen LogP contribution >= 0.6 is 0 Å². The van der Waals surface area contributed by atoms with Crippen molar-refractivity contribution in [2.45, 2.75) is 33.1 Å². The molecule has 0 aromatic rings. The summed E-state index contributed by atoms with van der Waals surface area (Å²) in [4.78, 5) is 10.3. The van der Waals surface area contributed by atoms with Gasteiger partial charge in [0.1, 0.15) is 0 Å². The summed E-state index contributed by atoms with van der Waals surface area (Å²) in [5.74, 6) is -1.36. The van der Waals surface area contributed by atoms with Crippen molar-refractivity contribution in [1.29, 1.82) is 0 Å². The second-order valence-corrected chi connectivity index (χ2v) is 7.11.